The Morgan fingerprint density at radius 3 is 2.29 bits per heavy atom. The average Bonchev–Trinajstić information content (AvgIpc) is 2.56. The van der Waals surface area contributed by atoms with Crippen LogP contribution in [0.2, 0.25) is 0 Å². The highest BCUT2D eigenvalue weighted by atomic mass is 16.3. The summed E-state index contributed by atoms with van der Waals surface area (Å²) in [6.07, 6.45) is 1.31. The lowest BCUT2D eigenvalue weighted by atomic mass is 9.99. The molecule has 1 aliphatic heterocycles. The lowest BCUT2D eigenvalue weighted by molar-refractivity contribution is 0.103. The van der Waals surface area contributed by atoms with E-state index in [1.54, 1.807) is 0 Å². The lowest BCUT2D eigenvalue weighted by Crippen LogP contribution is -2.36. The van der Waals surface area contributed by atoms with Gasteiger partial charge in [-0.05, 0) is 25.0 Å². The summed E-state index contributed by atoms with van der Waals surface area (Å²) in [6.45, 7) is 1.58. The molecule has 0 amide bonds. The Morgan fingerprint density at radius 2 is 1.57 bits per heavy atom. The summed E-state index contributed by atoms with van der Waals surface area (Å²) in [7, 11) is 0. The molecule has 0 spiro atoms. The van der Waals surface area contributed by atoms with E-state index in [9.17, 15) is 9.90 Å². The molecule has 21 heavy (non-hydrogen) atoms. The number of benzene rings is 2. The van der Waals surface area contributed by atoms with Crippen molar-refractivity contribution in [2.24, 2.45) is 0 Å². The van der Waals surface area contributed by atoms with Gasteiger partial charge in [0, 0.05) is 29.9 Å². The molecule has 108 valence electrons. The second-order valence-electron chi connectivity index (χ2n) is 5.43. The fourth-order valence-corrected chi connectivity index (χ4v) is 2.79. The third-order valence-corrected chi connectivity index (χ3v) is 3.99. The molecule has 1 N–H and O–H groups in total. The predicted molar refractivity (Wildman–Crippen MR) is 83.8 cm³/mol. The molecule has 1 heterocycles. The minimum Gasteiger partial charge on any atom is -0.393 e. The summed E-state index contributed by atoms with van der Waals surface area (Å²) in [4.78, 5) is 14.9. The molecule has 0 aromatic heterocycles. The van der Waals surface area contributed by atoms with E-state index in [-0.39, 0.29) is 11.9 Å². The van der Waals surface area contributed by atoms with Crippen molar-refractivity contribution in [3.05, 3.63) is 65.7 Å². The quantitative estimate of drug-likeness (QED) is 0.879. The van der Waals surface area contributed by atoms with Gasteiger partial charge in [0.15, 0.2) is 5.78 Å². The Kier molecular flexibility index (Phi) is 4.02. The van der Waals surface area contributed by atoms with Crippen LogP contribution in [0.1, 0.15) is 28.8 Å². The zero-order chi connectivity index (χ0) is 14.7. The first-order chi connectivity index (χ1) is 10.3. The van der Waals surface area contributed by atoms with Crippen molar-refractivity contribution in [2.75, 3.05) is 18.0 Å². The summed E-state index contributed by atoms with van der Waals surface area (Å²) in [5.41, 5.74) is 2.42. The van der Waals surface area contributed by atoms with Crippen LogP contribution < -0.4 is 4.90 Å². The summed E-state index contributed by atoms with van der Waals surface area (Å²) in [5.74, 6) is 0.0531. The number of hydrogen-bond donors (Lipinski definition) is 1. The molecule has 1 saturated heterocycles. The van der Waals surface area contributed by atoms with Crippen LogP contribution in [0.25, 0.3) is 0 Å². The SMILES string of the molecule is O=C(c1ccccc1)c1ccccc1N1CCC(O)CC1. The van der Waals surface area contributed by atoms with E-state index in [0.29, 0.717) is 5.56 Å². The van der Waals surface area contributed by atoms with Crippen LogP contribution in [0, 0.1) is 0 Å². The average molecular weight is 281 g/mol. The second kappa shape index (κ2) is 6.10. The number of carbonyl (C=O) groups is 1. The number of nitrogens with zero attached hydrogens (tertiary/aromatic N) is 1. The zero-order valence-corrected chi connectivity index (χ0v) is 11.9. The van der Waals surface area contributed by atoms with Crippen molar-refractivity contribution in [3.8, 4) is 0 Å². The molecule has 1 aliphatic rings. The summed E-state index contributed by atoms with van der Waals surface area (Å²) in [6, 6.07) is 17.1. The van der Waals surface area contributed by atoms with Crippen molar-refractivity contribution in [1.29, 1.82) is 0 Å². The molecule has 0 aliphatic carbocycles. The van der Waals surface area contributed by atoms with Crippen LogP contribution in [-0.2, 0) is 0 Å². The Hall–Kier alpha value is -2.13. The molecule has 0 radical (unpaired) electrons. The van der Waals surface area contributed by atoms with Gasteiger partial charge >= 0.3 is 0 Å². The molecule has 1 fully saturated rings. The largest absolute Gasteiger partial charge is 0.393 e. The van der Waals surface area contributed by atoms with Crippen LogP contribution in [-0.4, -0.2) is 30.1 Å². The first-order valence-electron chi connectivity index (χ1n) is 7.37. The monoisotopic (exact) mass is 281 g/mol. The standard InChI is InChI=1S/C18H19NO2/c20-15-10-12-19(13-11-15)17-9-5-4-8-16(17)18(21)14-6-2-1-3-7-14/h1-9,15,20H,10-13H2. The minimum atomic E-state index is -0.210. The van der Waals surface area contributed by atoms with Crippen LogP contribution in [0.4, 0.5) is 5.69 Å². The molecule has 0 bridgehead atoms. The van der Waals surface area contributed by atoms with E-state index >= 15 is 0 Å². The molecule has 2 aromatic rings. The number of para-hydroxylation sites is 1. The number of aliphatic hydroxyl groups excluding tert-OH is 1. The fraction of sp³-hybridized carbons (Fsp3) is 0.278. The van der Waals surface area contributed by atoms with Gasteiger partial charge in [-0.2, -0.15) is 0 Å². The number of anilines is 1. The molecule has 2 aromatic carbocycles. The Labute approximate surface area is 124 Å². The number of aliphatic hydroxyl groups is 1. The molecule has 3 nitrogen and oxygen atoms in total. The normalized spacial score (nSPS) is 16.0. The van der Waals surface area contributed by atoms with Gasteiger partial charge in [-0.25, -0.2) is 0 Å². The van der Waals surface area contributed by atoms with Gasteiger partial charge in [0.1, 0.15) is 0 Å². The Balaban J connectivity index is 1.91. The molecular weight excluding hydrogens is 262 g/mol. The van der Waals surface area contributed by atoms with Crippen molar-refractivity contribution in [3.63, 3.8) is 0 Å². The number of carbonyl (C=O) groups excluding carboxylic acids is 1. The predicted octanol–water partition coefficient (Wildman–Crippen LogP) is 2.88. The number of hydrogen-bond acceptors (Lipinski definition) is 3. The van der Waals surface area contributed by atoms with Crippen molar-refractivity contribution in [1.82, 2.24) is 0 Å². The maximum atomic E-state index is 12.7. The molecule has 0 saturated carbocycles. The van der Waals surface area contributed by atoms with E-state index < -0.39 is 0 Å². The first kappa shape index (κ1) is 13.8. The third-order valence-electron chi connectivity index (χ3n) is 3.99. The van der Waals surface area contributed by atoms with Crippen LogP contribution in [0.15, 0.2) is 54.6 Å². The maximum Gasteiger partial charge on any atom is 0.195 e. The number of piperidine rings is 1. The van der Waals surface area contributed by atoms with Gasteiger partial charge in [-0.15, -0.1) is 0 Å². The lowest BCUT2D eigenvalue weighted by Gasteiger charge is -2.32. The van der Waals surface area contributed by atoms with E-state index in [2.05, 4.69) is 4.90 Å². The number of rotatable bonds is 3. The van der Waals surface area contributed by atoms with Crippen molar-refractivity contribution >= 4 is 11.5 Å². The summed E-state index contributed by atoms with van der Waals surface area (Å²) < 4.78 is 0. The van der Waals surface area contributed by atoms with Crippen molar-refractivity contribution < 1.29 is 9.90 Å². The van der Waals surface area contributed by atoms with Gasteiger partial charge in [0.25, 0.3) is 0 Å². The highest BCUT2D eigenvalue weighted by molar-refractivity contribution is 6.12. The number of ketones is 1. The minimum absolute atomic E-state index is 0.0531. The molecule has 3 heteroatoms. The fourth-order valence-electron chi connectivity index (χ4n) is 2.79. The Bertz CT molecular complexity index is 616. The molecule has 3 rings (SSSR count). The zero-order valence-electron chi connectivity index (χ0n) is 11.9. The Morgan fingerprint density at radius 1 is 0.952 bits per heavy atom. The highest BCUT2D eigenvalue weighted by Gasteiger charge is 2.21. The van der Waals surface area contributed by atoms with Gasteiger partial charge in [0.05, 0.1) is 6.10 Å². The van der Waals surface area contributed by atoms with Crippen LogP contribution in [0.3, 0.4) is 0 Å². The topological polar surface area (TPSA) is 40.5 Å². The van der Waals surface area contributed by atoms with E-state index in [4.69, 9.17) is 0 Å². The molecular formula is C18H19NO2. The smallest absolute Gasteiger partial charge is 0.195 e. The maximum absolute atomic E-state index is 12.7. The van der Waals surface area contributed by atoms with Crippen molar-refractivity contribution in [2.45, 2.75) is 18.9 Å². The van der Waals surface area contributed by atoms with Gasteiger partial charge in [-0.1, -0.05) is 42.5 Å². The summed E-state index contributed by atoms with van der Waals surface area (Å²) in [5, 5.41) is 9.64. The van der Waals surface area contributed by atoms with E-state index in [0.717, 1.165) is 37.2 Å². The van der Waals surface area contributed by atoms with Gasteiger partial charge < -0.3 is 10.0 Å². The van der Waals surface area contributed by atoms with Crippen LogP contribution in [0.5, 0.6) is 0 Å². The first-order valence-corrected chi connectivity index (χ1v) is 7.37. The third kappa shape index (κ3) is 2.98. The van der Waals surface area contributed by atoms with Crippen LogP contribution >= 0.6 is 0 Å². The highest BCUT2D eigenvalue weighted by Crippen LogP contribution is 2.26. The van der Waals surface area contributed by atoms with Gasteiger partial charge in [0.2, 0.25) is 0 Å². The summed E-state index contributed by atoms with van der Waals surface area (Å²) >= 11 is 0. The van der Waals surface area contributed by atoms with E-state index in [1.807, 2.05) is 54.6 Å². The van der Waals surface area contributed by atoms with Gasteiger partial charge in [-0.3, -0.25) is 4.79 Å². The molecule has 0 unspecified atom stereocenters. The van der Waals surface area contributed by atoms with E-state index in [1.165, 1.54) is 0 Å². The molecule has 0 atom stereocenters. The second-order valence-corrected chi connectivity index (χ2v) is 5.43.